The third-order valence-corrected chi connectivity index (χ3v) is 3.78. The van der Waals surface area contributed by atoms with Crippen LogP contribution < -0.4 is 10.6 Å². The summed E-state index contributed by atoms with van der Waals surface area (Å²) >= 11 is 0. The van der Waals surface area contributed by atoms with Crippen LogP contribution in [0.1, 0.15) is 19.4 Å². The van der Waals surface area contributed by atoms with E-state index in [1.54, 1.807) is 12.4 Å². The molecule has 0 saturated heterocycles. The number of benzene rings is 1. The first-order chi connectivity index (χ1) is 13.2. The molecule has 3 aromatic rings. The van der Waals surface area contributed by atoms with Crippen molar-refractivity contribution in [2.24, 2.45) is 0 Å². The minimum atomic E-state index is -0.366. The highest BCUT2D eigenvalue weighted by Gasteiger charge is 2.13. The van der Waals surface area contributed by atoms with Gasteiger partial charge in [-0.15, -0.1) is 0 Å². The van der Waals surface area contributed by atoms with Crippen LogP contribution in [0.3, 0.4) is 0 Å². The Balaban J connectivity index is 1.84. The van der Waals surface area contributed by atoms with E-state index in [2.05, 4.69) is 30.6 Å². The summed E-state index contributed by atoms with van der Waals surface area (Å²) in [5, 5.41) is 6.46. The van der Waals surface area contributed by atoms with Crippen molar-refractivity contribution in [3.63, 3.8) is 0 Å². The van der Waals surface area contributed by atoms with Crippen LogP contribution in [0.4, 0.5) is 17.5 Å². The Morgan fingerprint density at radius 1 is 0.963 bits per heavy atom. The van der Waals surface area contributed by atoms with Gasteiger partial charge in [0, 0.05) is 31.3 Å². The fraction of sp³-hybridized carbons (Fsp3) is 0.368. The molecule has 2 N–H and O–H groups in total. The Hall–Kier alpha value is -2.84. The van der Waals surface area contributed by atoms with E-state index < -0.39 is 0 Å². The zero-order chi connectivity index (χ0) is 19.1. The van der Waals surface area contributed by atoms with E-state index in [-0.39, 0.29) is 6.29 Å². The average Bonchev–Trinajstić information content (AvgIpc) is 2.68. The third-order valence-electron chi connectivity index (χ3n) is 3.78. The van der Waals surface area contributed by atoms with Crippen molar-refractivity contribution in [1.82, 2.24) is 19.9 Å². The number of fused-ring (bicyclic) bond motifs is 1. The number of hydrogen-bond acceptors (Lipinski definition) is 8. The molecule has 142 valence electrons. The number of anilines is 3. The average molecular weight is 368 g/mol. The van der Waals surface area contributed by atoms with Crippen LogP contribution in [0.2, 0.25) is 0 Å². The SMILES string of the molecule is CCOC(CNc1nc(Nc2ccc(C)cc2)c2nccnc2n1)OCC. The topological polar surface area (TPSA) is 94.1 Å². The maximum atomic E-state index is 5.54. The minimum absolute atomic E-state index is 0.366. The van der Waals surface area contributed by atoms with Crippen molar-refractivity contribution in [3.05, 3.63) is 42.2 Å². The van der Waals surface area contributed by atoms with Crippen LogP contribution in [-0.4, -0.2) is 46.0 Å². The van der Waals surface area contributed by atoms with Crippen molar-refractivity contribution >= 4 is 28.6 Å². The first-order valence-corrected chi connectivity index (χ1v) is 8.99. The number of ether oxygens (including phenoxy) is 2. The first kappa shape index (κ1) is 18.9. The van der Waals surface area contributed by atoms with Crippen LogP contribution in [0.25, 0.3) is 11.2 Å². The van der Waals surface area contributed by atoms with Gasteiger partial charge in [-0.2, -0.15) is 9.97 Å². The van der Waals surface area contributed by atoms with E-state index in [0.717, 1.165) is 5.69 Å². The molecule has 8 heteroatoms. The molecule has 0 saturated carbocycles. The predicted octanol–water partition coefficient (Wildman–Crippen LogP) is 3.28. The van der Waals surface area contributed by atoms with Gasteiger partial charge >= 0.3 is 0 Å². The second-order valence-corrected chi connectivity index (χ2v) is 5.84. The maximum Gasteiger partial charge on any atom is 0.227 e. The van der Waals surface area contributed by atoms with Gasteiger partial charge in [-0.05, 0) is 32.9 Å². The van der Waals surface area contributed by atoms with Gasteiger partial charge in [0.1, 0.15) is 0 Å². The molecule has 0 atom stereocenters. The highest BCUT2D eigenvalue weighted by atomic mass is 16.7. The minimum Gasteiger partial charge on any atom is -0.351 e. The zero-order valence-electron chi connectivity index (χ0n) is 15.8. The molecule has 0 unspecified atom stereocenters. The number of nitrogens with zero attached hydrogens (tertiary/aromatic N) is 4. The molecule has 3 rings (SSSR count). The molecular formula is C19H24N6O2. The fourth-order valence-corrected chi connectivity index (χ4v) is 2.52. The van der Waals surface area contributed by atoms with Crippen LogP contribution >= 0.6 is 0 Å². The summed E-state index contributed by atoms with van der Waals surface area (Å²) in [7, 11) is 0. The lowest BCUT2D eigenvalue weighted by atomic mass is 10.2. The van der Waals surface area contributed by atoms with Crippen LogP contribution in [0.15, 0.2) is 36.7 Å². The monoisotopic (exact) mass is 368 g/mol. The van der Waals surface area contributed by atoms with E-state index in [4.69, 9.17) is 9.47 Å². The van der Waals surface area contributed by atoms with Gasteiger partial charge in [-0.25, -0.2) is 9.97 Å². The summed E-state index contributed by atoms with van der Waals surface area (Å²) in [4.78, 5) is 17.7. The van der Waals surface area contributed by atoms with Crippen LogP contribution in [0, 0.1) is 6.92 Å². The molecule has 2 heterocycles. The fourth-order valence-electron chi connectivity index (χ4n) is 2.52. The van der Waals surface area contributed by atoms with E-state index >= 15 is 0 Å². The van der Waals surface area contributed by atoms with Gasteiger partial charge in [0.05, 0.1) is 6.54 Å². The van der Waals surface area contributed by atoms with E-state index in [9.17, 15) is 0 Å². The lowest BCUT2D eigenvalue weighted by Gasteiger charge is -2.17. The van der Waals surface area contributed by atoms with Crippen molar-refractivity contribution in [2.45, 2.75) is 27.1 Å². The summed E-state index contributed by atoms with van der Waals surface area (Å²) in [5.41, 5.74) is 3.22. The quantitative estimate of drug-likeness (QED) is 0.556. The summed E-state index contributed by atoms with van der Waals surface area (Å²) in [6.07, 6.45) is 2.87. The van der Waals surface area contributed by atoms with Gasteiger partial charge in [0.15, 0.2) is 23.3 Å². The smallest absolute Gasteiger partial charge is 0.227 e. The summed E-state index contributed by atoms with van der Waals surface area (Å²) in [6.45, 7) is 7.46. The highest BCUT2D eigenvalue weighted by molar-refractivity contribution is 5.85. The number of nitrogens with one attached hydrogen (secondary N) is 2. The lowest BCUT2D eigenvalue weighted by Crippen LogP contribution is -2.27. The summed E-state index contributed by atoms with van der Waals surface area (Å²) < 4.78 is 11.1. The number of rotatable bonds is 9. The summed E-state index contributed by atoms with van der Waals surface area (Å²) in [6, 6.07) is 8.05. The molecule has 0 bridgehead atoms. The van der Waals surface area contributed by atoms with Crippen molar-refractivity contribution < 1.29 is 9.47 Å². The Morgan fingerprint density at radius 3 is 2.37 bits per heavy atom. The Kier molecular flexibility index (Phi) is 6.45. The standard InChI is InChI=1S/C19H24N6O2/c1-4-26-15(27-5-2)12-22-19-24-17-16(20-10-11-21-17)18(25-19)23-14-8-6-13(3)7-9-14/h6-11,15H,4-5,12H2,1-3H3,(H2,21,22,23,24,25). The lowest BCUT2D eigenvalue weighted by molar-refractivity contribution is -0.126. The van der Waals surface area contributed by atoms with Crippen molar-refractivity contribution in [3.8, 4) is 0 Å². The highest BCUT2D eigenvalue weighted by Crippen LogP contribution is 2.22. The van der Waals surface area contributed by atoms with E-state index in [1.807, 2.05) is 45.0 Å². The number of aryl methyl sites for hydroxylation is 1. The predicted molar refractivity (Wildman–Crippen MR) is 105 cm³/mol. The van der Waals surface area contributed by atoms with Crippen molar-refractivity contribution in [1.29, 1.82) is 0 Å². The third kappa shape index (κ3) is 5.08. The molecule has 0 spiro atoms. The number of hydrogen-bond donors (Lipinski definition) is 2. The van der Waals surface area contributed by atoms with Gasteiger partial charge in [-0.3, -0.25) is 0 Å². The van der Waals surface area contributed by atoms with Crippen LogP contribution in [0.5, 0.6) is 0 Å². The van der Waals surface area contributed by atoms with Gasteiger partial charge in [-0.1, -0.05) is 17.7 Å². The molecule has 8 nitrogen and oxygen atoms in total. The van der Waals surface area contributed by atoms with Gasteiger partial charge in [0.25, 0.3) is 0 Å². The second-order valence-electron chi connectivity index (χ2n) is 5.84. The number of aromatic nitrogens is 4. The zero-order valence-corrected chi connectivity index (χ0v) is 15.8. The Labute approximate surface area is 158 Å². The van der Waals surface area contributed by atoms with E-state index in [0.29, 0.717) is 42.7 Å². The largest absolute Gasteiger partial charge is 0.351 e. The molecule has 0 aliphatic rings. The molecule has 0 aliphatic heterocycles. The van der Waals surface area contributed by atoms with Gasteiger partial charge in [0.2, 0.25) is 5.95 Å². The van der Waals surface area contributed by atoms with Crippen LogP contribution in [-0.2, 0) is 9.47 Å². The second kappa shape index (κ2) is 9.20. The van der Waals surface area contributed by atoms with E-state index in [1.165, 1.54) is 5.56 Å². The molecule has 27 heavy (non-hydrogen) atoms. The normalized spacial score (nSPS) is 11.1. The molecule has 0 amide bonds. The maximum absolute atomic E-state index is 5.54. The molecule has 0 aliphatic carbocycles. The Morgan fingerprint density at radius 2 is 1.67 bits per heavy atom. The molecule has 0 radical (unpaired) electrons. The molecule has 1 aromatic carbocycles. The molecule has 2 aromatic heterocycles. The molecular weight excluding hydrogens is 344 g/mol. The Bertz CT molecular complexity index is 866. The van der Waals surface area contributed by atoms with Crippen molar-refractivity contribution in [2.75, 3.05) is 30.4 Å². The summed E-state index contributed by atoms with van der Waals surface area (Å²) in [5.74, 6) is 1.02. The van der Waals surface area contributed by atoms with Gasteiger partial charge < -0.3 is 20.1 Å². The molecule has 0 fully saturated rings. The first-order valence-electron chi connectivity index (χ1n) is 8.99.